The summed E-state index contributed by atoms with van der Waals surface area (Å²) >= 11 is 0. The van der Waals surface area contributed by atoms with Crippen molar-refractivity contribution < 1.29 is 31.9 Å². The summed E-state index contributed by atoms with van der Waals surface area (Å²) in [4.78, 5) is 28.5. The molecule has 160 valence electrons. The van der Waals surface area contributed by atoms with Crippen molar-refractivity contribution in [3.63, 3.8) is 0 Å². The zero-order chi connectivity index (χ0) is 22.1. The fraction of sp³-hybridized carbons (Fsp3) is 0.350. The number of carbonyl (C=O) groups is 1. The molecule has 7 nitrogen and oxygen atoms in total. The van der Waals surface area contributed by atoms with Gasteiger partial charge in [0.15, 0.2) is 11.2 Å². The van der Waals surface area contributed by atoms with Crippen LogP contribution in [0.4, 0.5) is 13.2 Å². The van der Waals surface area contributed by atoms with Crippen molar-refractivity contribution in [3.8, 4) is 17.0 Å². The first-order valence-corrected chi connectivity index (χ1v) is 9.00. The van der Waals surface area contributed by atoms with Crippen molar-refractivity contribution in [2.24, 2.45) is 0 Å². The van der Waals surface area contributed by atoms with E-state index in [4.69, 9.17) is 9.15 Å². The second kappa shape index (κ2) is 7.85. The Morgan fingerprint density at radius 1 is 1.10 bits per heavy atom. The van der Waals surface area contributed by atoms with E-state index in [1.165, 1.54) is 34.9 Å². The average Bonchev–Trinajstić information content (AvgIpc) is 2.92. The number of benzene rings is 1. The van der Waals surface area contributed by atoms with Crippen LogP contribution < -0.4 is 10.5 Å². The van der Waals surface area contributed by atoms with Crippen LogP contribution in [0.3, 0.4) is 0 Å². The van der Waals surface area contributed by atoms with Crippen LogP contribution in [0.5, 0.6) is 5.75 Å². The van der Waals surface area contributed by atoms with Crippen molar-refractivity contribution >= 4 is 17.2 Å². The van der Waals surface area contributed by atoms with Crippen LogP contribution in [0.15, 0.2) is 45.6 Å². The first kappa shape index (κ1) is 21.4. The van der Waals surface area contributed by atoms with Gasteiger partial charge in [0.2, 0.25) is 0 Å². The maximum absolute atomic E-state index is 12.3. The molecule has 0 aliphatic rings. The number of nitrogens with zero attached hydrogens (tertiary/aromatic N) is 2. The first-order valence-electron chi connectivity index (χ1n) is 9.00. The van der Waals surface area contributed by atoms with E-state index in [1.807, 2.05) is 0 Å². The maximum atomic E-state index is 12.3. The third-order valence-corrected chi connectivity index (χ3v) is 3.86. The molecule has 0 saturated heterocycles. The molecule has 0 atom stereocenters. The number of hydrogen-bond donors (Lipinski definition) is 0. The van der Waals surface area contributed by atoms with Gasteiger partial charge in [-0.15, -0.1) is 13.2 Å². The van der Waals surface area contributed by atoms with Gasteiger partial charge in [-0.3, -0.25) is 9.36 Å². The SMILES string of the molecule is CC(C)(C)OC(=O)CCn1c(=O)oc2ccc(-c3ccc(OC(F)(F)F)cc3)nc21. The zero-order valence-electron chi connectivity index (χ0n) is 16.4. The Morgan fingerprint density at radius 2 is 1.77 bits per heavy atom. The number of rotatable bonds is 5. The summed E-state index contributed by atoms with van der Waals surface area (Å²) in [5, 5.41) is 0. The minimum absolute atomic E-state index is 0.00948. The molecule has 0 spiro atoms. The molecule has 0 N–H and O–H groups in total. The highest BCUT2D eigenvalue weighted by Gasteiger charge is 2.31. The minimum atomic E-state index is -4.78. The van der Waals surface area contributed by atoms with Gasteiger partial charge in [0.25, 0.3) is 0 Å². The van der Waals surface area contributed by atoms with E-state index >= 15 is 0 Å². The number of pyridine rings is 1. The number of oxazole rings is 1. The highest BCUT2D eigenvalue weighted by molar-refractivity contribution is 5.74. The number of esters is 1. The lowest BCUT2D eigenvalue weighted by atomic mass is 10.1. The molecule has 10 heteroatoms. The number of ether oxygens (including phenoxy) is 2. The second-order valence-electron chi connectivity index (χ2n) is 7.45. The van der Waals surface area contributed by atoms with Gasteiger partial charge in [-0.05, 0) is 57.2 Å². The zero-order valence-corrected chi connectivity index (χ0v) is 16.4. The fourth-order valence-corrected chi connectivity index (χ4v) is 2.73. The number of fused-ring (bicyclic) bond motifs is 1. The predicted molar refractivity (Wildman–Crippen MR) is 101 cm³/mol. The van der Waals surface area contributed by atoms with Crippen LogP contribution in [0, 0.1) is 0 Å². The molecular formula is C20H19F3N2O5. The van der Waals surface area contributed by atoms with Crippen molar-refractivity contribution in [1.82, 2.24) is 9.55 Å². The quantitative estimate of drug-likeness (QED) is 0.569. The van der Waals surface area contributed by atoms with E-state index in [9.17, 15) is 22.8 Å². The van der Waals surface area contributed by atoms with Crippen LogP contribution in [-0.4, -0.2) is 27.5 Å². The van der Waals surface area contributed by atoms with E-state index in [-0.39, 0.29) is 29.9 Å². The standard InChI is InChI=1S/C20H19F3N2O5/c1-19(2,3)30-16(26)10-11-25-17-15(28-18(25)27)9-8-14(24-17)12-4-6-13(7-5-12)29-20(21,22)23/h4-9H,10-11H2,1-3H3. The van der Waals surface area contributed by atoms with Crippen LogP contribution in [0.25, 0.3) is 22.5 Å². The largest absolute Gasteiger partial charge is 0.573 e. The molecule has 0 bridgehead atoms. The van der Waals surface area contributed by atoms with Crippen LogP contribution >= 0.6 is 0 Å². The normalized spacial score (nSPS) is 12.2. The lowest BCUT2D eigenvalue weighted by molar-refractivity contribution is -0.274. The highest BCUT2D eigenvalue weighted by Crippen LogP contribution is 2.26. The molecule has 3 aromatic rings. The van der Waals surface area contributed by atoms with Gasteiger partial charge < -0.3 is 13.9 Å². The lowest BCUT2D eigenvalue weighted by Crippen LogP contribution is -2.25. The molecule has 0 radical (unpaired) electrons. The molecule has 1 aromatic carbocycles. The summed E-state index contributed by atoms with van der Waals surface area (Å²) in [5.41, 5.74) is 0.724. The molecule has 0 fully saturated rings. The summed E-state index contributed by atoms with van der Waals surface area (Å²) in [7, 11) is 0. The van der Waals surface area contributed by atoms with Crippen LogP contribution in [-0.2, 0) is 16.1 Å². The van der Waals surface area contributed by atoms with Crippen LogP contribution in [0.1, 0.15) is 27.2 Å². The minimum Gasteiger partial charge on any atom is -0.460 e. The summed E-state index contributed by atoms with van der Waals surface area (Å²) in [6.07, 6.45) is -4.83. The Balaban J connectivity index is 1.84. The fourth-order valence-electron chi connectivity index (χ4n) is 2.73. The number of aromatic nitrogens is 2. The van der Waals surface area contributed by atoms with Gasteiger partial charge in [-0.1, -0.05) is 0 Å². The molecule has 2 heterocycles. The lowest BCUT2D eigenvalue weighted by Gasteiger charge is -2.19. The van der Waals surface area contributed by atoms with E-state index in [0.717, 1.165) is 0 Å². The average molecular weight is 424 g/mol. The van der Waals surface area contributed by atoms with Gasteiger partial charge in [-0.2, -0.15) is 0 Å². The molecule has 2 aromatic heterocycles. The summed E-state index contributed by atoms with van der Waals surface area (Å²) in [6.45, 7) is 5.23. The number of aryl methyl sites for hydroxylation is 1. The summed E-state index contributed by atoms with van der Waals surface area (Å²) in [5.74, 6) is -1.50. The molecule has 0 amide bonds. The van der Waals surface area contributed by atoms with E-state index in [2.05, 4.69) is 9.72 Å². The maximum Gasteiger partial charge on any atom is 0.573 e. The monoisotopic (exact) mass is 424 g/mol. The Kier molecular flexibility index (Phi) is 5.60. The number of alkyl halides is 3. The van der Waals surface area contributed by atoms with Crippen molar-refractivity contribution in [3.05, 3.63) is 46.9 Å². The van der Waals surface area contributed by atoms with E-state index in [1.54, 1.807) is 26.8 Å². The second-order valence-corrected chi connectivity index (χ2v) is 7.45. The Labute approximate surface area is 169 Å². The van der Waals surface area contributed by atoms with Gasteiger partial charge in [0.1, 0.15) is 11.4 Å². The van der Waals surface area contributed by atoms with Crippen molar-refractivity contribution in [1.29, 1.82) is 0 Å². The smallest absolute Gasteiger partial charge is 0.460 e. The first-order chi connectivity index (χ1) is 13.9. The Morgan fingerprint density at radius 3 is 2.37 bits per heavy atom. The Bertz CT molecular complexity index is 1110. The van der Waals surface area contributed by atoms with Crippen molar-refractivity contribution in [2.45, 2.75) is 45.7 Å². The topological polar surface area (TPSA) is 83.6 Å². The van der Waals surface area contributed by atoms with E-state index < -0.39 is 23.7 Å². The van der Waals surface area contributed by atoms with Crippen molar-refractivity contribution in [2.75, 3.05) is 0 Å². The van der Waals surface area contributed by atoms with Gasteiger partial charge in [-0.25, -0.2) is 9.78 Å². The molecule has 0 aliphatic carbocycles. The predicted octanol–water partition coefficient (Wildman–Crippen LogP) is 4.29. The molecule has 0 saturated carbocycles. The van der Waals surface area contributed by atoms with Gasteiger partial charge in [0, 0.05) is 12.1 Å². The van der Waals surface area contributed by atoms with Gasteiger partial charge in [0.05, 0.1) is 12.1 Å². The molecule has 30 heavy (non-hydrogen) atoms. The Hall–Kier alpha value is -3.30. The van der Waals surface area contributed by atoms with E-state index in [0.29, 0.717) is 11.3 Å². The van der Waals surface area contributed by atoms with Gasteiger partial charge >= 0.3 is 18.1 Å². The number of hydrogen-bond acceptors (Lipinski definition) is 6. The third kappa shape index (κ3) is 5.40. The molecule has 0 aliphatic heterocycles. The number of carbonyl (C=O) groups excluding carboxylic acids is 1. The summed E-state index contributed by atoms with van der Waals surface area (Å²) in [6, 6.07) is 8.27. The summed E-state index contributed by atoms with van der Waals surface area (Å²) < 4.78 is 52.3. The third-order valence-electron chi connectivity index (χ3n) is 3.86. The highest BCUT2D eigenvalue weighted by atomic mass is 19.4. The molecule has 3 rings (SSSR count). The number of halogens is 3. The molecular weight excluding hydrogens is 405 g/mol. The molecule has 0 unspecified atom stereocenters. The van der Waals surface area contributed by atoms with Crippen LogP contribution in [0.2, 0.25) is 0 Å².